The van der Waals surface area contributed by atoms with Gasteiger partial charge >= 0.3 is 5.97 Å². The molecule has 0 amide bonds. The first-order chi connectivity index (χ1) is 14.6. The van der Waals surface area contributed by atoms with Gasteiger partial charge in [-0.05, 0) is 49.1 Å². The Kier molecular flexibility index (Phi) is 9.52. The molecule has 0 spiro atoms. The van der Waals surface area contributed by atoms with Gasteiger partial charge < -0.3 is 14.6 Å². The molecule has 0 fully saturated rings. The van der Waals surface area contributed by atoms with Gasteiger partial charge in [-0.1, -0.05) is 43.5 Å². The van der Waals surface area contributed by atoms with Gasteiger partial charge in [0.25, 0.3) is 5.79 Å². The molecule has 2 aromatic rings. The van der Waals surface area contributed by atoms with E-state index in [2.05, 4.69) is 23.7 Å². The number of carbonyl (C=O) groups excluding carboxylic acids is 1. The van der Waals surface area contributed by atoms with Crippen molar-refractivity contribution in [2.24, 2.45) is 0 Å². The highest BCUT2D eigenvalue weighted by atomic mass is 16.6. The van der Waals surface area contributed by atoms with Gasteiger partial charge in [-0.15, -0.1) is 11.8 Å². The first-order valence-electron chi connectivity index (χ1n) is 10.2. The maximum absolute atomic E-state index is 11.7. The topological polar surface area (TPSA) is 55.8 Å². The van der Waals surface area contributed by atoms with Crippen LogP contribution in [0.25, 0.3) is 0 Å². The molecule has 2 aromatic carbocycles. The Morgan fingerprint density at radius 2 is 1.83 bits per heavy atom. The lowest BCUT2D eigenvalue weighted by Gasteiger charge is -2.23. The van der Waals surface area contributed by atoms with Crippen molar-refractivity contribution in [3.63, 3.8) is 0 Å². The Balaban J connectivity index is 2.12. The summed E-state index contributed by atoms with van der Waals surface area (Å²) in [5.74, 6) is 10.5. The maximum atomic E-state index is 11.7. The second-order valence-electron chi connectivity index (χ2n) is 6.79. The van der Waals surface area contributed by atoms with Gasteiger partial charge in [-0.2, -0.15) is 0 Å². The van der Waals surface area contributed by atoms with E-state index < -0.39 is 11.8 Å². The van der Waals surface area contributed by atoms with E-state index in [-0.39, 0.29) is 0 Å². The lowest BCUT2D eigenvalue weighted by Crippen LogP contribution is -2.34. The van der Waals surface area contributed by atoms with Crippen LogP contribution < -0.4 is 4.74 Å². The predicted octanol–water partition coefficient (Wildman–Crippen LogP) is 4.96. The van der Waals surface area contributed by atoms with Gasteiger partial charge in [0.1, 0.15) is 5.75 Å². The minimum Gasteiger partial charge on any atom is -0.465 e. The smallest absolute Gasteiger partial charge is 0.337 e. The van der Waals surface area contributed by atoms with Gasteiger partial charge in [0.2, 0.25) is 0 Å². The third kappa shape index (κ3) is 8.03. The van der Waals surface area contributed by atoms with Crippen LogP contribution in [0.5, 0.6) is 5.75 Å². The number of aliphatic hydroxyl groups is 1. The van der Waals surface area contributed by atoms with Crippen LogP contribution in [0, 0.1) is 23.7 Å². The van der Waals surface area contributed by atoms with Crippen molar-refractivity contribution in [3.8, 4) is 29.4 Å². The third-order valence-corrected chi connectivity index (χ3v) is 4.33. The van der Waals surface area contributed by atoms with Crippen LogP contribution in [0.3, 0.4) is 0 Å². The van der Waals surface area contributed by atoms with E-state index in [4.69, 9.17) is 9.47 Å². The van der Waals surface area contributed by atoms with E-state index in [0.29, 0.717) is 23.3 Å². The minimum absolute atomic E-state index is 0.368. The molecule has 156 valence electrons. The highest BCUT2D eigenvalue weighted by Crippen LogP contribution is 2.22. The molecule has 1 unspecified atom stereocenters. The van der Waals surface area contributed by atoms with Crippen molar-refractivity contribution in [2.75, 3.05) is 7.11 Å². The number of rotatable bonds is 8. The van der Waals surface area contributed by atoms with Crippen molar-refractivity contribution in [1.29, 1.82) is 0 Å². The Morgan fingerprint density at radius 1 is 1.03 bits per heavy atom. The number of ether oxygens (including phenoxy) is 2. The van der Waals surface area contributed by atoms with E-state index in [1.54, 1.807) is 36.4 Å². The molecule has 4 nitrogen and oxygen atoms in total. The van der Waals surface area contributed by atoms with E-state index in [1.807, 2.05) is 25.1 Å². The zero-order valence-electron chi connectivity index (χ0n) is 17.6. The van der Waals surface area contributed by atoms with Crippen LogP contribution in [-0.2, 0) is 4.74 Å². The van der Waals surface area contributed by atoms with Gasteiger partial charge in [-0.25, -0.2) is 4.79 Å². The summed E-state index contributed by atoms with van der Waals surface area (Å²) < 4.78 is 10.6. The number of benzene rings is 2. The molecule has 0 aromatic heterocycles. The van der Waals surface area contributed by atoms with Crippen LogP contribution in [0.2, 0.25) is 0 Å². The van der Waals surface area contributed by atoms with E-state index >= 15 is 0 Å². The van der Waals surface area contributed by atoms with Crippen molar-refractivity contribution in [2.45, 2.75) is 51.2 Å². The number of carbonyl (C=O) groups is 1. The minimum atomic E-state index is -1.63. The number of methoxy groups -OCH3 is 1. The van der Waals surface area contributed by atoms with Crippen LogP contribution in [0.15, 0.2) is 54.6 Å². The number of hydrogen-bond donors (Lipinski definition) is 1. The van der Waals surface area contributed by atoms with Crippen molar-refractivity contribution in [3.05, 3.63) is 65.7 Å². The molecule has 0 radical (unpaired) electrons. The van der Waals surface area contributed by atoms with Gasteiger partial charge in [0.05, 0.1) is 12.7 Å². The van der Waals surface area contributed by atoms with Crippen molar-refractivity contribution >= 4 is 5.97 Å². The molecule has 0 saturated carbocycles. The summed E-state index contributed by atoms with van der Waals surface area (Å²) in [6, 6.07) is 15.9. The molecule has 30 heavy (non-hydrogen) atoms. The van der Waals surface area contributed by atoms with Crippen LogP contribution in [0.1, 0.15) is 61.4 Å². The summed E-state index contributed by atoms with van der Waals surface area (Å²) in [7, 11) is 1.33. The third-order valence-electron chi connectivity index (χ3n) is 4.33. The molecule has 1 atom stereocenters. The van der Waals surface area contributed by atoms with Crippen molar-refractivity contribution in [1.82, 2.24) is 0 Å². The van der Waals surface area contributed by atoms with Gasteiger partial charge in [-0.3, -0.25) is 0 Å². The van der Waals surface area contributed by atoms with Crippen LogP contribution in [0.4, 0.5) is 0 Å². The monoisotopic (exact) mass is 404 g/mol. The average Bonchev–Trinajstić information content (AvgIpc) is 2.77. The number of para-hydroxylation sites is 1. The van der Waals surface area contributed by atoms with Crippen molar-refractivity contribution < 1.29 is 19.4 Å². The molecule has 0 heterocycles. The summed E-state index contributed by atoms with van der Waals surface area (Å²) in [5.41, 5.74) is 1.01. The lowest BCUT2D eigenvalue weighted by atomic mass is 10.0. The summed E-state index contributed by atoms with van der Waals surface area (Å²) in [6.07, 6.45) is 4.76. The van der Waals surface area contributed by atoms with Crippen LogP contribution >= 0.6 is 0 Å². The number of hydrogen-bond acceptors (Lipinski definition) is 4. The summed E-state index contributed by atoms with van der Waals surface area (Å²) in [5, 5.41) is 11.1. The zero-order valence-corrected chi connectivity index (χ0v) is 17.6. The molecular weight excluding hydrogens is 376 g/mol. The highest BCUT2D eigenvalue weighted by molar-refractivity contribution is 5.89. The second kappa shape index (κ2) is 12.4. The molecular formula is C26H28O4. The largest absolute Gasteiger partial charge is 0.465 e. The quantitative estimate of drug-likeness (QED) is 0.293. The second-order valence-corrected chi connectivity index (χ2v) is 6.79. The summed E-state index contributed by atoms with van der Waals surface area (Å²) >= 11 is 0. The number of esters is 1. The SMILES string of the molecule is CCC#CCCCCCC(O)(C#Cc1cccc(C(=O)OC)c1)Oc1ccccc1. The summed E-state index contributed by atoms with van der Waals surface area (Å²) in [4.78, 5) is 11.7. The van der Waals surface area contributed by atoms with E-state index in [0.717, 1.165) is 32.1 Å². The molecule has 0 aliphatic heterocycles. The first-order valence-corrected chi connectivity index (χ1v) is 10.2. The van der Waals surface area contributed by atoms with E-state index in [9.17, 15) is 9.90 Å². The average molecular weight is 405 g/mol. The predicted molar refractivity (Wildman–Crippen MR) is 118 cm³/mol. The fourth-order valence-electron chi connectivity index (χ4n) is 2.80. The normalized spacial score (nSPS) is 11.8. The van der Waals surface area contributed by atoms with Gasteiger partial charge in [0.15, 0.2) is 0 Å². The molecule has 0 aliphatic carbocycles. The first kappa shape index (κ1) is 23.1. The fraction of sp³-hybridized carbons (Fsp3) is 0.346. The number of unbranched alkanes of at least 4 members (excludes halogenated alkanes) is 3. The Bertz CT molecular complexity index is 928. The summed E-state index contributed by atoms with van der Waals surface area (Å²) in [6.45, 7) is 2.04. The standard InChI is InChI=1S/C26H28O4/c1-3-4-5-6-7-8-12-19-26(28,30-24-16-10-9-11-17-24)20-18-22-14-13-15-23(21-22)25(27)29-2/h9-11,13-17,21,28H,3,6-8,12,19H2,1-2H3. The molecule has 1 N–H and O–H groups in total. The fourth-order valence-corrected chi connectivity index (χ4v) is 2.80. The molecule has 4 heteroatoms. The Hall–Kier alpha value is -3.21. The molecule has 0 saturated heterocycles. The highest BCUT2D eigenvalue weighted by Gasteiger charge is 2.26. The Morgan fingerprint density at radius 3 is 2.57 bits per heavy atom. The lowest BCUT2D eigenvalue weighted by molar-refractivity contribution is -0.0922. The van der Waals surface area contributed by atoms with E-state index in [1.165, 1.54) is 7.11 Å². The Labute approximate surface area is 179 Å². The zero-order chi connectivity index (χ0) is 21.7. The van der Waals surface area contributed by atoms with Crippen LogP contribution in [-0.4, -0.2) is 24.0 Å². The van der Waals surface area contributed by atoms with Gasteiger partial charge in [0, 0.05) is 24.8 Å². The molecule has 0 bridgehead atoms. The molecule has 0 aliphatic rings. The maximum Gasteiger partial charge on any atom is 0.337 e. The molecule has 2 rings (SSSR count).